The molecule has 0 saturated heterocycles. The number of rotatable bonds is 3. The van der Waals surface area contributed by atoms with Crippen molar-refractivity contribution in [3.8, 4) is 11.8 Å². The van der Waals surface area contributed by atoms with Gasteiger partial charge in [0.1, 0.15) is 6.10 Å². The first-order valence-corrected chi connectivity index (χ1v) is 3.95. The summed E-state index contributed by atoms with van der Waals surface area (Å²) in [5, 5.41) is 0. The molecule has 0 fully saturated rings. The van der Waals surface area contributed by atoms with Gasteiger partial charge in [-0.05, 0) is 13.3 Å². The van der Waals surface area contributed by atoms with Crippen LogP contribution in [-0.4, -0.2) is 25.8 Å². The smallest absolute Gasteiger partial charge is 0.384 e. The third-order valence-electron chi connectivity index (χ3n) is 1.26. The second-order valence-electron chi connectivity index (χ2n) is 2.11. The van der Waals surface area contributed by atoms with Crippen LogP contribution in [0.3, 0.4) is 0 Å². The minimum absolute atomic E-state index is 0.158. The molecule has 68 valence electrons. The standard InChI is InChI=1S/C9H14O3/c1-4-8(12-5-2)6-7-9(10)11-3/h8H,4-5H2,1-3H3. The summed E-state index contributed by atoms with van der Waals surface area (Å²) in [5.41, 5.74) is 0. The quantitative estimate of drug-likeness (QED) is 0.360. The van der Waals surface area contributed by atoms with Crippen LogP contribution in [0, 0.1) is 11.8 Å². The number of esters is 1. The average Bonchev–Trinajstić information content (AvgIpc) is 2.11. The molecule has 0 saturated carbocycles. The molecule has 0 aromatic carbocycles. The van der Waals surface area contributed by atoms with Crippen molar-refractivity contribution in [2.75, 3.05) is 13.7 Å². The van der Waals surface area contributed by atoms with E-state index in [0.717, 1.165) is 6.42 Å². The maximum absolute atomic E-state index is 10.6. The fraction of sp³-hybridized carbons (Fsp3) is 0.667. The maximum atomic E-state index is 10.6. The van der Waals surface area contributed by atoms with Gasteiger partial charge in [-0.2, -0.15) is 0 Å². The number of carbonyl (C=O) groups excluding carboxylic acids is 1. The molecule has 0 aromatic rings. The summed E-state index contributed by atoms with van der Waals surface area (Å²) in [6.45, 7) is 4.45. The molecule has 0 aliphatic heterocycles. The molecule has 0 aliphatic carbocycles. The van der Waals surface area contributed by atoms with Gasteiger partial charge in [-0.1, -0.05) is 12.8 Å². The maximum Gasteiger partial charge on any atom is 0.384 e. The summed E-state index contributed by atoms with van der Waals surface area (Å²) in [7, 11) is 1.30. The van der Waals surface area contributed by atoms with Gasteiger partial charge < -0.3 is 9.47 Å². The number of hydrogen-bond acceptors (Lipinski definition) is 3. The lowest BCUT2D eigenvalue weighted by molar-refractivity contribution is -0.133. The van der Waals surface area contributed by atoms with Crippen LogP contribution in [0.1, 0.15) is 20.3 Å². The molecular formula is C9H14O3. The summed E-state index contributed by atoms with van der Waals surface area (Å²) in [5.74, 6) is 4.49. The topological polar surface area (TPSA) is 35.5 Å². The molecule has 0 heterocycles. The van der Waals surface area contributed by atoms with Crippen molar-refractivity contribution in [3.63, 3.8) is 0 Å². The largest absolute Gasteiger partial charge is 0.459 e. The number of carbonyl (C=O) groups is 1. The molecule has 0 bridgehead atoms. The number of ether oxygens (including phenoxy) is 2. The van der Waals surface area contributed by atoms with E-state index < -0.39 is 5.97 Å². The molecule has 0 rings (SSSR count). The Morgan fingerprint density at radius 3 is 2.58 bits per heavy atom. The molecule has 12 heavy (non-hydrogen) atoms. The number of hydrogen-bond donors (Lipinski definition) is 0. The number of methoxy groups -OCH3 is 1. The third kappa shape index (κ3) is 4.75. The Balaban J connectivity index is 3.95. The van der Waals surface area contributed by atoms with Crippen LogP contribution in [0.15, 0.2) is 0 Å². The Labute approximate surface area is 73.0 Å². The fourth-order valence-corrected chi connectivity index (χ4v) is 0.653. The van der Waals surface area contributed by atoms with Gasteiger partial charge >= 0.3 is 5.97 Å². The summed E-state index contributed by atoms with van der Waals surface area (Å²) in [4.78, 5) is 10.6. The summed E-state index contributed by atoms with van der Waals surface area (Å²) >= 11 is 0. The highest BCUT2D eigenvalue weighted by molar-refractivity contribution is 5.88. The van der Waals surface area contributed by atoms with Gasteiger partial charge in [0.25, 0.3) is 0 Å². The van der Waals surface area contributed by atoms with Crippen LogP contribution in [-0.2, 0) is 14.3 Å². The predicted molar refractivity (Wildman–Crippen MR) is 45.5 cm³/mol. The lowest BCUT2D eigenvalue weighted by Gasteiger charge is -2.05. The van der Waals surface area contributed by atoms with E-state index in [1.54, 1.807) is 0 Å². The molecular weight excluding hydrogens is 156 g/mol. The SMILES string of the molecule is CCOC(C#CC(=O)OC)CC. The van der Waals surface area contributed by atoms with Gasteiger partial charge in [-0.15, -0.1) is 0 Å². The van der Waals surface area contributed by atoms with E-state index in [2.05, 4.69) is 16.6 Å². The van der Waals surface area contributed by atoms with Crippen LogP contribution >= 0.6 is 0 Å². The zero-order valence-corrected chi connectivity index (χ0v) is 7.72. The van der Waals surface area contributed by atoms with Crippen LogP contribution in [0.25, 0.3) is 0 Å². The van der Waals surface area contributed by atoms with Gasteiger partial charge in [0.2, 0.25) is 0 Å². The van der Waals surface area contributed by atoms with Crippen molar-refractivity contribution in [3.05, 3.63) is 0 Å². The Kier molecular flexibility index (Phi) is 6.12. The Morgan fingerprint density at radius 1 is 1.50 bits per heavy atom. The Hall–Kier alpha value is -1.01. The van der Waals surface area contributed by atoms with Crippen molar-refractivity contribution in [1.82, 2.24) is 0 Å². The summed E-state index contributed by atoms with van der Waals surface area (Å²) in [6.07, 6.45) is 0.617. The van der Waals surface area contributed by atoms with E-state index in [1.165, 1.54) is 7.11 Å². The van der Waals surface area contributed by atoms with Crippen molar-refractivity contribution < 1.29 is 14.3 Å². The van der Waals surface area contributed by atoms with Gasteiger partial charge in [0.05, 0.1) is 7.11 Å². The molecule has 1 atom stereocenters. The van der Waals surface area contributed by atoms with E-state index in [1.807, 2.05) is 13.8 Å². The Morgan fingerprint density at radius 2 is 2.17 bits per heavy atom. The second kappa shape index (κ2) is 6.68. The van der Waals surface area contributed by atoms with Crippen LogP contribution in [0.4, 0.5) is 0 Å². The summed E-state index contributed by atoms with van der Waals surface area (Å²) < 4.78 is 9.56. The molecule has 0 N–H and O–H groups in total. The highest BCUT2D eigenvalue weighted by Gasteiger charge is 1.99. The van der Waals surface area contributed by atoms with Crippen LogP contribution in [0.5, 0.6) is 0 Å². The first-order chi connectivity index (χ1) is 5.74. The molecule has 1 unspecified atom stereocenters. The van der Waals surface area contributed by atoms with Gasteiger partial charge in [0, 0.05) is 12.5 Å². The lowest BCUT2D eigenvalue weighted by atomic mass is 10.3. The van der Waals surface area contributed by atoms with Crippen molar-refractivity contribution >= 4 is 5.97 Å². The van der Waals surface area contributed by atoms with E-state index in [-0.39, 0.29) is 6.10 Å². The van der Waals surface area contributed by atoms with Crippen LogP contribution in [0.2, 0.25) is 0 Å². The van der Waals surface area contributed by atoms with E-state index in [4.69, 9.17) is 4.74 Å². The van der Waals surface area contributed by atoms with Gasteiger partial charge in [-0.25, -0.2) is 4.79 Å². The molecule has 0 aliphatic rings. The zero-order valence-electron chi connectivity index (χ0n) is 7.72. The summed E-state index contributed by atoms with van der Waals surface area (Å²) in [6, 6.07) is 0. The van der Waals surface area contributed by atoms with Crippen LogP contribution < -0.4 is 0 Å². The molecule has 0 amide bonds. The van der Waals surface area contributed by atoms with Crippen molar-refractivity contribution in [2.45, 2.75) is 26.4 Å². The first-order valence-electron chi connectivity index (χ1n) is 3.95. The van der Waals surface area contributed by atoms with E-state index in [9.17, 15) is 4.79 Å². The monoisotopic (exact) mass is 170 g/mol. The minimum Gasteiger partial charge on any atom is -0.459 e. The molecule has 0 radical (unpaired) electrons. The minimum atomic E-state index is -0.520. The predicted octanol–water partition coefficient (Wildman–Crippen LogP) is 0.978. The molecule has 3 nitrogen and oxygen atoms in total. The van der Waals surface area contributed by atoms with Gasteiger partial charge in [-0.3, -0.25) is 0 Å². The average molecular weight is 170 g/mol. The Bertz CT molecular complexity index is 188. The molecule has 3 heteroatoms. The highest BCUT2D eigenvalue weighted by Crippen LogP contribution is 1.94. The zero-order chi connectivity index (χ0) is 9.40. The van der Waals surface area contributed by atoms with E-state index >= 15 is 0 Å². The second-order valence-corrected chi connectivity index (χ2v) is 2.11. The highest BCUT2D eigenvalue weighted by atomic mass is 16.5. The first kappa shape index (κ1) is 11.0. The van der Waals surface area contributed by atoms with Gasteiger partial charge in [0.15, 0.2) is 0 Å². The van der Waals surface area contributed by atoms with Crippen molar-refractivity contribution in [2.24, 2.45) is 0 Å². The normalized spacial score (nSPS) is 11.2. The lowest BCUT2D eigenvalue weighted by Crippen LogP contribution is -2.09. The van der Waals surface area contributed by atoms with E-state index in [0.29, 0.717) is 6.61 Å². The molecule has 0 spiro atoms. The molecule has 0 aromatic heterocycles. The van der Waals surface area contributed by atoms with Crippen molar-refractivity contribution in [1.29, 1.82) is 0 Å². The third-order valence-corrected chi connectivity index (χ3v) is 1.26. The fourth-order valence-electron chi connectivity index (χ4n) is 0.653.